The molecule has 0 bridgehead atoms. The lowest BCUT2D eigenvalue weighted by molar-refractivity contribution is -0.135. The van der Waals surface area contributed by atoms with Gasteiger partial charge in [-0.15, -0.1) is 0 Å². The van der Waals surface area contributed by atoms with Gasteiger partial charge in [0.25, 0.3) is 5.91 Å². The Labute approximate surface area is 155 Å². The lowest BCUT2D eigenvalue weighted by Crippen LogP contribution is -2.43. The molecule has 1 aliphatic carbocycles. The fraction of sp³-hybridized carbons (Fsp3) is 0.524. The number of rotatable bonds is 5. The predicted molar refractivity (Wildman–Crippen MR) is 100 cm³/mol. The van der Waals surface area contributed by atoms with Gasteiger partial charge in [-0.1, -0.05) is 24.6 Å². The van der Waals surface area contributed by atoms with Gasteiger partial charge in [0.15, 0.2) is 6.61 Å². The number of carbonyl (C=O) groups is 1. The van der Waals surface area contributed by atoms with Gasteiger partial charge in [-0.05, 0) is 44.7 Å². The first kappa shape index (κ1) is 17.1. The molecule has 1 saturated carbocycles. The average Bonchev–Trinajstić information content (AvgIpc) is 3.00. The Morgan fingerprint density at radius 3 is 2.73 bits per heavy atom. The van der Waals surface area contributed by atoms with Crippen molar-refractivity contribution in [3.63, 3.8) is 0 Å². The van der Waals surface area contributed by atoms with Crippen LogP contribution in [0.15, 0.2) is 36.5 Å². The van der Waals surface area contributed by atoms with Gasteiger partial charge in [-0.25, -0.2) is 4.98 Å². The van der Waals surface area contributed by atoms with Crippen LogP contribution in [0.1, 0.15) is 55.6 Å². The molecule has 2 heterocycles. The van der Waals surface area contributed by atoms with Crippen molar-refractivity contribution in [2.45, 2.75) is 51.0 Å². The number of aromatic nitrogens is 2. The summed E-state index contributed by atoms with van der Waals surface area (Å²) in [6, 6.07) is 9.87. The number of hydrogen-bond acceptors (Lipinski definition) is 3. The first-order valence-corrected chi connectivity index (χ1v) is 9.71. The van der Waals surface area contributed by atoms with E-state index in [0.29, 0.717) is 12.0 Å². The lowest BCUT2D eigenvalue weighted by Gasteiger charge is -2.36. The minimum atomic E-state index is 0.0708. The molecule has 2 fully saturated rings. The number of likely N-dealkylation sites (tertiary alicyclic amines) is 1. The summed E-state index contributed by atoms with van der Waals surface area (Å²) in [7, 11) is 0. The largest absolute Gasteiger partial charge is 0.484 e. The summed E-state index contributed by atoms with van der Waals surface area (Å²) in [4.78, 5) is 19.3. The normalized spacial score (nSPS) is 20.7. The van der Waals surface area contributed by atoms with Gasteiger partial charge in [0, 0.05) is 30.9 Å². The molecule has 5 heteroatoms. The molecule has 5 nitrogen and oxygen atoms in total. The van der Waals surface area contributed by atoms with Gasteiger partial charge in [0.05, 0.1) is 6.04 Å². The number of hydrogen-bond donors (Lipinski definition) is 0. The predicted octanol–water partition coefficient (Wildman–Crippen LogP) is 3.70. The van der Waals surface area contributed by atoms with E-state index in [2.05, 4.69) is 11.5 Å². The van der Waals surface area contributed by atoms with Gasteiger partial charge in [0.1, 0.15) is 11.6 Å². The second-order valence-electron chi connectivity index (χ2n) is 7.49. The molecule has 138 valence electrons. The molecule has 0 N–H and O–H groups in total. The zero-order valence-electron chi connectivity index (χ0n) is 15.4. The maximum atomic E-state index is 12.6. The number of amides is 1. The van der Waals surface area contributed by atoms with Crippen LogP contribution in [0.4, 0.5) is 0 Å². The highest BCUT2D eigenvalue weighted by Crippen LogP contribution is 2.38. The molecule has 1 aromatic carbocycles. The summed E-state index contributed by atoms with van der Waals surface area (Å²) in [6.07, 6.45) is 7.94. The van der Waals surface area contributed by atoms with Crippen molar-refractivity contribution in [2.75, 3.05) is 19.7 Å². The summed E-state index contributed by atoms with van der Waals surface area (Å²) < 4.78 is 8.05. The Morgan fingerprint density at radius 2 is 2.00 bits per heavy atom. The standard InChI is InChI=1S/C21H27N3O2/c1-16-13-22-21(17-7-5-8-17)24(16)18-9-6-12-23(14-18)20(25)15-26-19-10-3-2-4-11-19/h2-4,10-11,13,17-18H,5-9,12,14-15H2,1H3. The average molecular weight is 353 g/mol. The Balaban J connectivity index is 1.41. The molecule has 4 rings (SSSR count). The number of piperidine rings is 1. The molecular weight excluding hydrogens is 326 g/mol. The lowest BCUT2D eigenvalue weighted by atomic mass is 9.84. The third kappa shape index (κ3) is 3.48. The number of para-hydroxylation sites is 1. The highest BCUT2D eigenvalue weighted by Gasteiger charge is 2.31. The first-order valence-electron chi connectivity index (χ1n) is 9.71. The van der Waals surface area contributed by atoms with Crippen LogP contribution < -0.4 is 4.74 Å². The number of nitrogens with zero attached hydrogens (tertiary/aromatic N) is 3. The van der Waals surface area contributed by atoms with Crippen molar-refractivity contribution in [1.29, 1.82) is 0 Å². The SMILES string of the molecule is Cc1cnc(C2CCC2)n1C1CCCN(C(=O)COc2ccccc2)C1. The number of ether oxygens (including phenoxy) is 1. The van der Waals surface area contributed by atoms with Crippen molar-refractivity contribution in [1.82, 2.24) is 14.5 Å². The second-order valence-corrected chi connectivity index (χ2v) is 7.49. The molecule has 1 saturated heterocycles. The van der Waals surface area contributed by atoms with Crippen LogP contribution in [-0.2, 0) is 4.79 Å². The van der Waals surface area contributed by atoms with E-state index >= 15 is 0 Å². The van der Waals surface area contributed by atoms with Crippen molar-refractivity contribution in [3.05, 3.63) is 48.0 Å². The molecule has 1 unspecified atom stereocenters. The fourth-order valence-electron chi connectivity index (χ4n) is 4.05. The third-order valence-corrected chi connectivity index (χ3v) is 5.70. The molecule has 2 aromatic rings. The molecular formula is C21H27N3O2. The zero-order valence-corrected chi connectivity index (χ0v) is 15.4. The van der Waals surface area contributed by atoms with Crippen molar-refractivity contribution in [3.8, 4) is 5.75 Å². The van der Waals surface area contributed by atoms with Crippen LogP contribution in [0.25, 0.3) is 0 Å². The Bertz CT molecular complexity index is 752. The number of aryl methyl sites for hydroxylation is 1. The third-order valence-electron chi connectivity index (χ3n) is 5.70. The minimum absolute atomic E-state index is 0.0708. The maximum absolute atomic E-state index is 12.6. The van der Waals surface area contributed by atoms with Gasteiger partial charge in [-0.3, -0.25) is 4.79 Å². The number of carbonyl (C=O) groups excluding carboxylic acids is 1. The van der Waals surface area contributed by atoms with Crippen LogP contribution in [0.2, 0.25) is 0 Å². The van der Waals surface area contributed by atoms with E-state index < -0.39 is 0 Å². The van der Waals surface area contributed by atoms with Crippen molar-refractivity contribution >= 4 is 5.91 Å². The monoisotopic (exact) mass is 353 g/mol. The van der Waals surface area contributed by atoms with Crippen LogP contribution in [0.5, 0.6) is 5.75 Å². The van der Waals surface area contributed by atoms with Crippen molar-refractivity contribution < 1.29 is 9.53 Å². The molecule has 1 aromatic heterocycles. The molecule has 26 heavy (non-hydrogen) atoms. The molecule has 1 atom stereocenters. The topological polar surface area (TPSA) is 47.4 Å². The van der Waals surface area contributed by atoms with Gasteiger partial charge < -0.3 is 14.2 Å². The Hall–Kier alpha value is -2.30. The van der Waals surface area contributed by atoms with Crippen LogP contribution in [0, 0.1) is 6.92 Å². The van der Waals surface area contributed by atoms with E-state index in [1.54, 1.807) is 0 Å². The van der Waals surface area contributed by atoms with Crippen LogP contribution >= 0.6 is 0 Å². The Kier molecular flexibility index (Phi) is 4.96. The molecule has 0 radical (unpaired) electrons. The first-order chi connectivity index (χ1) is 12.7. The van der Waals surface area contributed by atoms with E-state index in [0.717, 1.165) is 31.7 Å². The smallest absolute Gasteiger partial charge is 0.260 e. The van der Waals surface area contributed by atoms with Crippen LogP contribution in [0.3, 0.4) is 0 Å². The highest BCUT2D eigenvalue weighted by molar-refractivity contribution is 5.77. The summed E-state index contributed by atoms with van der Waals surface area (Å²) in [5.41, 5.74) is 1.21. The molecule has 0 spiro atoms. The summed E-state index contributed by atoms with van der Waals surface area (Å²) in [5.74, 6) is 2.65. The van der Waals surface area contributed by atoms with E-state index in [9.17, 15) is 4.79 Å². The van der Waals surface area contributed by atoms with Crippen LogP contribution in [-0.4, -0.2) is 40.1 Å². The fourth-order valence-corrected chi connectivity index (χ4v) is 4.05. The van der Waals surface area contributed by atoms with Gasteiger partial charge >= 0.3 is 0 Å². The molecule has 1 amide bonds. The second kappa shape index (κ2) is 7.52. The summed E-state index contributed by atoms with van der Waals surface area (Å²) in [6.45, 7) is 3.82. The van der Waals surface area contributed by atoms with Crippen molar-refractivity contribution in [2.24, 2.45) is 0 Å². The number of benzene rings is 1. The highest BCUT2D eigenvalue weighted by atomic mass is 16.5. The quantitative estimate of drug-likeness (QED) is 0.823. The number of imidazole rings is 1. The maximum Gasteiger partial charge on any atom is 0.260 e. The van der Waals surface area contributed by atoms with E-state index in [1.807, 2.05) is 41.4 Å². The Morgan fingerprint density at radius 1 is 1.19 bits per heavy atom. The van der Waals surface area contributed by atoms with E-state index in [-0.39, 0.29) is 12.5 Å². The van der Waals surface area contributed by atoms with Gasteiger partial charge in [-0.2, -0.15) is 0 Å². The van der Waals surface area contributed by atoms with E-state index in [4.69, 9.17) is 9.72 Å². The molecule has 1 aliphatic heterocycles. The van der Waals surface area contributed by atoms with E-state index in [1.165, 1.54) is 30.8 Å². The van der Waals surface area contributed by atoms with Gasteiger partial charge in [0.2, 0.25) is 0 Å². The summed E-state index contributed by atoms with van der Waals surface area (Å²) in [5, 5.41) is 0. The molecule has 2 aliphatic rings. The summed E-state index contributed by atoms with van der Waals surface area (Å²) >= 11 is 0. The minimum Gasteiger partial charge on any atom is -0.484 e. The zero-order chi connectivity index (χ0) is 17.9.